The maximum atomic E-state index is 13.0. The molecule has 0 unspecified atom stereocenters. The van der Waals surface area contributed by atoms with E-state index in [2.05, 4.69) is 31.0 Å². The van der Waals surface area contributed by atoms with Gasteiger partial charge in [0.25, 0.3) is 5.56 Å². The number of hydrogen-bond acceptors (Lipinski definition) is 5. The van der Waals surface area contributed by atoms with Crippen molar-refractivity contribution in [2.75, 3.05) is 14.2 Å². The van der Waals surface area contributed by atoms with E-state index in [0.29, 0.717) is 33.9 Å². The Morgan fingerprint density at radius 1 is 1.21 bits per heavy atom. The van der Waals surface area contributed by atoms with Crippen molar-refractivity contribution in [2.45, 2.75) is 6.92 Å². The van der Waals surface area contributed by atoms with Crippen LogP contribution in [0.5, 0.6) is 11.5 Å². The lowest BCUT2D eigenvalue weighted by molar-refractivity contribution is 0.354. The van der Waals surface area contributed by atoms with E-state index in [-0.39, 0.29) is 5.56 Å². The van der Waals surface area contributed by atoms with Crippen LogP contribution in [0.15, 0.2) is 50.8 Å². The topological polar surface area (TPSA) is 81.5 Å². The molecule has 0 aliphatic heterocycles. The Hall–Kier alpha value is -3.13. The minimum absolute atomic E-state index is 0.270. The van der Waals surface area contributed by atoms with Crippen molar-refractivity contribution in [3.05, 3.63) is 62.6 Å². The van der Waals surface area contributed by atoms with E-state index in [4.69, 9.17) is 9.47 Å². The lowest BCUT2D eigenvalue weighted by Crippen LogP contribution is -2.20. The molecule has 0 radical (unpaired) electrons. The molecule has 2 aromatic heterocycles. The summed E-state index contributed by atoms with van der Waals surface area (Å²) in [4.78, 5) is 20.8. The van der Waals surface area contributed by atoms with Crippen molar-refractivity contribution >= 4 is 44.1 Å². The molecule has 7 nitrogen and oxygen atoms in total. The molecule has 0 saturated heterocycles. The second kappa shape index (κ2) is 7.12. The zero-order valence-electron chi connectivity index (χ0n) is 15.5. The first-order valence-electron chi connectivity index (χ1n) is 8.49. The van der Waals surface area contributed by atoms with Gasteiger partial charge in [0, 0.05) is 20.9 Å². The maximum Gasteiger partial charge on any atom is 0.298 e. The third-order valence-electron chi connectivity index (χ3n) is 4.47. The molecule has 0 fully saturated rings. The SMILES string of the molecule is COc1cccc(C=Nn2c(C)nc3c([nH]c4ccc(Br)cc43)c2=O)c1OC. The lowest BCUT2D eigenvalue weighted by atomic mass is 10.2. The molecule has 2 heterocycles. The van der Waals surface area contributed by atoms with Crippen LogP contribution in [-0.2, 0) is 0 Å². The molecule has 0 amide bonds. The number of aromatic nitrogens is 3. The van der Waals surface area contributed by atoms with Gasteiger partial charge in [0.1, 0.15) is 16.9 Å². The third kappa shape index (κ3) is 2.95. The Labute approximate surface area is 168 Å². The number of ether oxygens (including phenoxy) is 2. The minimum Gasteiger partial charge on any atom is -0.493 e. The molecular formula is C20H17BrN4O3. The van der Waals surface area contributed by atoms with Gasteiger partial charge < -0.3 is 14.5 Å². The molecule has 2 aromatic carbocycles. The number of H-pyrrole nitrogens is 1. The van der Waals surface area contributed by atoms with Crippen molar-refractivity contribution < 1.29 is 9.47 Å². The smallest absolute Gasteiger partial charge is 0.298 e. The van der Waals surface area contributed by atoms with Gasteiger partial charge in [0.05, 0.1) is 20.4 Å². The van der Waals surface area contributed by atoms with Gasteiger partial charge in [-0.1, -0.05) is 22.0 Å². The molecule has 4 rings (SSSR count). The Morgan fingerprint density at radius 3 is 2.79 bits per heavy atom. The van der Waals surface area contributed by atoms with Gasteiger partial charge in [-0.05, 0) is 37.3 Å². The summed E-state index contributed by atoms with van der Waals surface area (Å²) in [5.41, 5.74) is 2.30. The van der Waals surface area contributed by atoms with Crippen molar-refractivity contribution in [2.24, 2.45) is 5.10 Å². The molecule has 142 valence electrons. The van der Waals surface area contributed by atoms with E-state index in [1.54, 1.807) is 33.4 Å². The summed E-state index contributed by atoms with van der Waals surface area (Å²) in [6.45, 7) is 1.75. The summed E-state index contributed by atoms with van der Waals surface area (Å²) in [6.07, 6.45) is 1.56. The number of nitrogens with one attached hydrogen (secondary N) is 1. The normalized spacial score (nSPS) is 11.6. The van der Waals surface area contributed by atoms with Gasteiger partial charge in [-0.25, -0.2) is 4.98 Å². The molecule has 1 N–H and O–H groups in total. The second-order valence-corrected chi connectivity index (χ2v) is 7.06. The predicted octanol–water partition coefficient (Wildman–Crippen LogP) is 3.85. The first-order valence-corrected chi connectivity index (χ1v) is 9.28. The molecule has 0 aliphatic rings. The van der Waals surface area contributed by atoms with Gasteiger partial charge in [-0.2, -0.15) is 9.78 Å². The van der Waals surface area contributed by atoms with Crippen LogP contribution in [0.25, 0.3) is 21.9 Å². The van der Waals surface area contributed by atoms with Crippen LogP contribution in [0.2, 0.25) is 0 Å². The largest absolute Gasteiger partial charge is 0.493 e. The fourth-order valence-electron chi connectivity index (χ4n) is 3.15. The monoisotopic (exact) mass is 440 g/mol. The van der Waals surface area contributed by atoms with Crippen LogP contribution in [0.3, 0.4) is 0 Å². The van der Waals surface area contributed by atoms with Gasteiger partial charge >= 0.3 is 0 Å². The quantitative estimate of drug-likeness (QED) is 0.488. The van der Waals surface area contributed by atoms with Crippen LogP contribution in [-0.4, -0.2) is 35.1 Å². The number of aryl methyl sites for hydroxylation is 1. The highest BCUT2D eigenvalue weighted by Gasteiger charge is 2.14. The van der Waals surface area contributed by atoms with Crippen LogP contribution >= 0.6 is 15.9 Å². The fourth-order valence-corrected chi connectivity index (χ4v) is 3.51. The highest BCUT2D eigenvalue weighted by molar-refractivity contribution is 9.10. The zero-order chi connectivity index (χ0) is 19.8. The van der Waals surface area contributed by atoms with E-state index in [9.17, 15) is 4.79 Å². The highest BCUT2D eigenvalue weighted by Crippen LogP contribution is 2.29. The van der Waals surface area contributed by atoms with Crippen molar-refractivity contribution in [3.8, 4) is 11.5 Å². The number of rotatable bonds is 4. The highest BCUT2D eigenvalue weighted by atomic mass is 79.9. The van der Waals surface area contributed by atoms with E-state index >= 15 is 0 Å². The van der Waals surface area contributed by atoms with Crippen LogP contribution < -0.4 is 15.0 Å². The summed E-state index contributed by atoms with van der Waals surface area (Å²) in [6, 6.07) is 11.2. The van der Waals surface area contributed by atoms with Crippen molar-refractivity contribution in [3.63, 3.8) is 0 Å². The first kappa shape index (κ1) is 18.2. The Kier molecular flexibility index (Phi) is 4.64. The van der Waals surface area contributed by atoms with Crippen LogP contribution in [0, 0.1) is 6.92 Å². The van der Waals surface area contributed by atoms with Gasteiger partial charge in [-0.15, -0.1) is 0 Å². The molecule has 4 aromatic rings. The number of para-hydroxylation sites is 1. The molecule has 28 heavy (non-hydrogen) atoms. The Bertz CT molecular complexity index is 1290. The number of halogens is 1. The number of methoxy groups -OCH3 is 2. The second-order valence-electron chi connectivity index (χ2n) is 6.14. The van der Waals surface area contributed by atoms with Crippen LogP contribution in [0.4, 0.5) is 0 Å². The summed E-state index contributed by atoms with van der Waals surface area (Å²) in [7, 11) is 3.13. The number of aromatic amines is 1. The average Bonchev–Trinajstić information content (AvgIpc) is 3.05. The predicted molar refractivity (Wildman–Crippen MR) is 113 cm³/mol. The maximum absolute atomic E-state index is 13.0. The number of nitrogens with zero attached hydrogens (tertiary/aromatic N) is 3. The van der Waals surface area contributed by atoms with Crippen molar-refractivity contribution in [1.29, 1.82) is 0 Å². The third-order valence-corrected chi connectivity index (χ3v) is 4.96. The van der Waals surface area contributed by atoms with Gasteiger partial charge in [0.15, 0.2) is 11.5 Å². The number of benzene rings is 2. The molecule has 8 heteroatoms. The zero-order valence-corrected chi connectivity index (χ0v) is 17.1. The summed E-state index contributed by atoms with van der Waals surface area (Å²) in [5, 5.41) is 5.23. The summed E-state index contributed by atoms with van der Waals surface area (Å²) < 4.78 is 12.9. The van der Waals surface area contributed by atoms with Gasteiger partial charge in [0.2, 0.25) is 0 Å². The minimum atomic E-state index is -0.270. The van der Waals surface area contributed by atoms with Crippen LogP contribution in [0.1, 0.15) is 11.4 Å². The molecule has 0 saturated carbocycles. The number of fused-ring (bicyclic) bond motifs is 3. The summed E-state index contributed by atoms with van der Waals surface area (Å²) >= 11 is 3.46. The molecule has 0 atom stereocenters. The number of hydrogen-bond donors (Lipinski definition) is 1. The standard InChI is InChI=1S/C20H17BrN4O3/c1-11-23-17-14-9-13(21)7-8-15(14)24-18(17)20(26)25(11)22-10-12-5-4-6-16(27-2)19(12)28-3/h4-10,24H,1-3H3. The first-order chi connectivity index (χ1) is 13.5. The summed E-state index contributed by atoms with van der Waals surface area (Å²) in [5.74, 6) is 1.62. The molecule has 0 aliphatic carbocycles. The fraction of sp³-hybridized carbons (Fsp3) is 0.150. The van der Waals surface area contributed by atoms with E-state index in [1.807, 2.05) is 30.3 Å². The molecule has 0 spiro atoms. The Balaban J connectivity index is 1.87. The van der Waals surface area contributed by atoms with E-state index < -0.39 is 0 Å². The van der Waals surface area contributed by atoms with Gasteiger partial charge in [-0.3, -0.25) is 4.79 Å². The van der Waals surface area contributed by atoms with Crippen molar-refractivity contribution in [1.82, 2.24) is 14.6 Å². The van der Waals surface area contributed by atoms with E-state index in [0.717, 1.165) is 15.4 Å². The van der Waals surface area contributed by atoms with E-state index in [1.165, 1.54) is 4.68 Å². The molecule has 0 bridgehead atoms. The average molecular weight is 441 g/mol. The lowest BCUT2D eigenvalue weighted by Gasteiger charge is -2.09. The Morgan fingerprint density at radius 2 is 2.04 bits per heavy atom. The molecular weight excluding hydrogens is 424 g/mol.